The van der Waals surface area contributed by atoms with Crippen molar-refractivity contribution in [2.45, 2.75) is 44.8 Å². The number of morpholine rings is 1. The minimum atomic E-state index is -0.234. The molecule has 3 heterocycles. The molecule has 4 rings (SSSR count). The van der Waals surface area contributed by atoms with Crippen molar-refractivity contribution in [2.75, 3.05) is 44.3 Å². The van der Waals surface area contributed by atoms with Gasteiger partial charge in [-0.1, -0.05) is 12.0 Å². The molecule has 1 aromatic rings. The fraction of sp³-hybridized carbons (Fsp3) is 0.882. The van der Waals surface area contributed by atoms with Crippen LogP contribution in [0.2, 0.25) is 0 Å². The maximum absolute atomic E-state index is 10.6. The van der Waals surface area contributed by atoms with Crippen molar-refractivity contribution in [3.05, 3.63) is 5.89 Å². The summed E-state index contributed by atoms with van der Waals surface area (Å²) in [5, 5.41) is 19.0. The van der Waals surface area contributed by atoms with Gasteiger partial charge >= 0.3 is 6.01 Å². The van der Waals surface area contributed by atoms with Crippen molar-refractivity contribution in [1.82, 2.24) is 15.1 Å². The lowest BCUT2D eigenvalue weighted by Gasteiger charge is -2.43. The highest BCUT2D eigenvalue weighted by Crippen LogP contribution is 2.39. The van der Waals surface area contributed by atoms with Crippen LogP contribution in [0.4, 0.5) is 6.01 Å². The van der Waals surface area contributed by atoms with Crippen LogP contribution in [0.25, 0.3) is 0 Å². The van der Waals surface area contributed by atoms with Gasteiger partial charge in [0.05, 0.1) is 19.3 Å². The molecule has 0 amide bonds. The Balaban J connectivity index is 1.41. The Morgan fingerprint density at radius 2 is 1.88 bits per heavy atom. The van der Waals surface area contributed by atoms with Gasteiger partial charge in [0.2, 0.25) is 5.89 Å². The second kappa shape index (κ2) is 6.98. The minimum absolute atomic E-state index is 0.234. The summed E-state index contributed by atoms with van der Waals surface area (Å²) in [5.41, 5.74) is 0. The standard InChI is InChI=1S/C17H28N4O3/c1-2-3-16-18-19-17(24-16)21-10-12-8-14(15(22)9-13(12)11-21)20-4-6-23-7-5-20/h12-15,22H,2-11H2,1H3/t12-,13+,14-,15-/m1/s1. The summed E-state index contributed by atoms with van der Waals surface area (Å²) in [6.45, 7) is 7.44. The molecule has 7 nitrogen and oxygen atoms in total. The number of hydrogen-bond acceptors (Lipinski definition) is 7. The summed E-state index contributed by atoms with van der Waals surface area (Å²) < 4.78 is 11.2. The zero-order valence-electron chi connectivity index (χ0n) is 14.4. The molecule has 1 aromatic heterocycles. The third-order valence-electron chi connectivity index (χ3n) is 5.81. The van der Waals surface area contributed by atoms with E-state index in [1.54, 1.807) is 0 Å². The maximum Gasteiger partial charge on any atom is 0.318 e. The van der Waals surface area contributed by atoms with Gasteiger partial charge in [-0.15, -0.1) is 5.10 Å². The molecule has 1 N–H and O–H groups in total. The maximum atomic E-state index is 10.6. The van der Waals surface area contributed by atoms with E-state index in [0.29, 0.717) is 17.9 Å². The van der Waals surface area contributed by atoms with Crippen LogP contribution in [0, 0.1) is 11.8 Å². The van der Waals surface area contributed by atoms with Gasteiger partial charge in [-0.05, 0) is 31.1 Å². The van der Waals surface area contributed by atoms with E-state index in [-0.39, 0.29) is 12.1 Å². The number of aliphatic hydroxyl groups excluding tert-OH is 1. The summed E-state index contributed by atoms with van der Waals surface area (Å²) >= 11 is 0. The fourth-order valence-electron chi connectivity index (χ4n) is 4.55. The molecule has 1 saturated carbocycles. The number of nitrogens with zero attached hydrogens (tertiary/aromatic N) is 4. The third kappa shape index (κ3) is 3.17. The summed E-state index contributed by atoms with van der Waals surface area (Å²) in [6, 6.07) is 0.929. The van der Waals surface area contributed by atoms with Crippen LogP contribution in [0.3, 0.4) is 0 Å². The monoisotopic (exact) mass is 336 g/mol. The van der Waals surface area contributed by atoms with Crippen LogP contribution >= 0.6 is 0 Å². The molecule has 4 atom stereocenters. The number of aromatic nitrogens is 2. The van der Waals surface area contributed by atoms with Gasteiger partial charge in [0.25, 0.3) is 0 Å². The first-order chi connectivity index (χ1) is 11.7. The summed E-state index contributed by atoms with van der Waals surface area (Å²) in [7, 11) is 0. The summed E-state index contributed by atoms with van der Waals surface area (Å²) in [6.07, 6.45) is 3.55. The van der Waals surface area contributed by atoms with Crippen LogP contribution in [-0.4, -0.2) is 71.7 Å². The Hall–Kier alpha value is -1.18. The Labute approximate surface area is 143 Å². The van der Waals surface area contributed by atoms with E-state index >= 15 is 0 Å². The van der Waals surface area contributed by atoms with Gasteiger partial charge in [-0.2, -0.15) is 0 Å². The second-order valence-electron chi connectivity index (χ2n) is 7.41. The van der Waals surface area contributed by atoms with Crippen LogP contribution in [0.15, 0.2) is 4.42 Å². The van der Waals surface area contributed by atoms with E-state index in [1.807, 2.05) is 0 Å². The zero-order chi connectivity index (χ0) is 16.5. The molecular weight excluding hydrogens is 308 g/mol. The first-order valence-electron chi connectivity index (χ1n) is 9.31. The van der Waals surface area contributed by atoms with E-state index in [2.05, 4.69) is 26.9 Å². The lowest BCUT2D eigenvalue weighted by atomic mass is 9.77. The molecule has 3 fully saturated rings. The Bertz CT molecular complexity index is 546. The average molecular weight is 336 g/mol. The smallest absolute Gasteiger partial charge is 0.318 e. The van der Waals surface area contributed by atoms with Gasteiger partial charge in [-0.25, -0.2) is 0 Å². The molecule has 1 aliphatic carbocycles. The molecule has 24 heavy (non-hydrogen) atoms. The predicted molar refractivity (Wildman–Crippen MR) is 88.9 cm³/mol. The lowest BCUT2D eigenvalue weighted by molar-refractivity contribution is -0.0520. The normalized spacial score (nSPS) is 34.5. The Morgan fingerprint density at radius 1 is 1.12 bits per heavy atom. The minimum Gasteiger partial charge on any atom is -0.408 e. The number of ether oxygens (including phenoxy) is 1. The molecule has 0 aromatic carbocycles. The number of aryl methyl sites for hydroxylation is 1. The average Bonchev–Trinajstić information content (AvgIpc) is 3.21. The summed E-state index contributed by atoms with van der Waals surface area (Å²) in [5.74, 6) is 1.86. The zero-order valence-corrected chi connectivity index (χ0v) is 14.4. The molecule has 2 aliphatic heterocycles. The van der Waals surface area contributed by atoms with Crippen LogP contribution in [0.5, 0.6) is 0 Å². The molecule has 7 heteroatoms. The van der Waals surface area contributed by atoms with Crippen molar-refractivity contribution < 1.29 is 14.3 Å². The highest BCUT2D eigenvalue weighted by Gasteiger charge is 2.44. The van der Waals surface area contributed by atoms with Crippen molar-refractivity contribution in [3.63, 3.8) is 0 Å². The van der Waals surface area contributed by atoms with Gasteiger partial charge in [0.1, 0.15) is 0 Å². The molecule has 3 aliphatic rings. The highest BCUT2D eigenvalue weighted by atomic mass is 16.5. The third-order valence-corrected chi connectivity index (χ3v) is 5.81. The van der Waals surface area contributed by atoms with Crippen molar-refractivity contribution >= 4 is 6.01 Å². The quantitative estimate of drug-likeness (QED) is 0.876. The Kier molecular flexibility index (Phi) is 4.74. The Morgan fingerprint density at radius 3 is 2.62 bits per heavy atom. The highest BCUT2D eigenvalue weighted by molar-refractivity contribution is 5.28. The van der Waals surface area contributed by atoms with E-state index in [4.69, 9.17) is 9.15 Å². The topological polar surface area (TPSA) is 74.9 Å². The van der Waals surface area contributed by atoms with Crippen molar-refractivity contribution in [1.29, 1.82) is 0 Å². The summed E-state index contributed by atoms with van der Waals surface area (Å²) in [4.78, 5) is 4.63. The lowest BCUT2D eigenvalue weighted by Crippen LogP contribution is -2.53. The number of hydrogen-bond donors (Lipinski definition) is 1. The molecule has 0 bridgehead atoms. The first-order valence-corrected chi connectivity index (χ1v) is 9.31. The first kappa shape index (κ1) is 16.3. The molecule has 0 spiro atoms. The number of rotatable bonds is 4. The number of fused-ring (bicyclic) bond motifs is 1. The molecule has 0 radical (unpaired) electrons. The molecule has 0 unspecified atom stereocenters. The van der Waals surface area contributed by atoms with Gasteiger partial charge in [-0.3, -0.25) is 4.90 Å². The second-order valence-corrected chi connectivity index (χ2v) is 7.41. The molecular formula is C17H28N4O3. The number of anilines is 1. The van der Waals surface area contributed by atoms with Gasteiger partial charge in [0.15, 0.2) is 0 Å². The van der Waals surface area contributed by atoms with E-state index < -0.39 is 0 Å². The van der Waals surface area contributed by atoms with Gasteiger partial charge < -0.3 is 19.2 Å². The fourth-order valence-corrected chi connectivity index (χ4v) is 4.55. The molecule has 2 saturated heterocycles. The van der Waals surface area contributed by atoms with Crippen LogP contribution in [0.1, 0.15) is 32.1 Å². The molecule has 134 valence electrons. The number of aliphatic hydroxyl groups is 1. The SMILES string of the molecule is CCCc1nnc(N2C[C@H]3C[C@@H](N4CCOCC4)[C@H](O)C[C@H]3C2)o1. The van der Waals surface area contributed by atoms with Crippen LogP contribution < -0.4 is 4.90 Å². The van der Waals surface area contributed by atoms with Gasteiger partial charge in [0, 0.05) is 38.6 Å². The van der Waals surface area contributed by atoms with E-state index in [9.17, 15) is 5.11 Å². The van der Waals surface area contributed by atoms with E-state index in [0.717, 1.165) is 71.0 Å². The van der Waals surface area contributed by atoms with Crippen molar-refractivity contribution in [3.8, 4) is 0 Å². The van der Waals surface area contributed by atoms with Crippen LogP contribution in [-0.2, 0) is 11.2 Å². The predicted octanol–water partition coefficient (Wildman–Crippen LogP) is 0.930. The van der Waals surface area contributed by atoms with Crippen molar-refractivity contribution in [2.24, 2.45) is 11.8 Å². The van der Waals surface area contributed by atoms with E-state index in [1.165, 1.54) is 0 Å². The largest absolute Gasteiger partial charge is 0.408 e.